The maximum absolute atomic E-state index is 11.5. The molecule has 0 aromatic heterocycles. The number of rotatable bonds is 3. The standard InChI is InChI=1S/C7H16N2O4S2/c1-2-14(10,11)9-5-3-4-7(6-9)15(8,12)13/h7H,2-6H2,1H3,(H2,8,12,13). The van der Waals surface area contributed by atoms with Crippen LogP contribution in [0.3, 0.4) is 0 Å². The molecule has 0 aliphatic carbocycles. The minimum Gasteiger partial charge on any atom is -0.228 e. The Kier molecular flexibility index (Phi) is 3.75. The zero-order valence-corrected chi connectivity index (χ0v) is 10.2. The lowest BCUT2D eigenvalue weighted by molar-refractivity contribution is 0.346. The second kappa shape index (κ2) is 4.36. The smallest absolute Gasteiger partial charge is 0.213 e. The van der Waals surface area contributed by atoms with Crippen molar-refractivity contribution in [1.82, 2.24) is 4.31 Å². The van der Waals surface area contributed by atoms with Crippen molar-refractivity contribution >= 4 is 20.0 Å². The van der Waals surface area contributed by atoms with Crippen LogP contribution >= 0.6 is 0 Å². The Morgan fingerprint density at radius 3 is 2.40 bits per heavy atom. The molecule has 0 aromatic rings. The van der Waals surface area contributed by atoms with Gasteiger partial charge in [0.05, 0.1) is 11.0 Å². The lowest BCUT2D eigenvalue weighted by Gasteiger charge is -2.30. The number of sulfonamides is 2. The van der Waals surface area contributed by atoms with Crippen molar-refractivity contribution in [1.29, 1.82) is 0 Å². The molecule has 0 radical (unpaired) electrons. The quantitative estimate of drug-likeness (QED) is 0.706. The molecular weight excluding hydrogens is 240 g/mol. The fourth-order valence-electron chi connectivity index (χ4n) is 1.61. The van der Waals surface area contributed by atoms with Crippen molar-refractivity contribution in [3.8, 4) is 0 Å². The summed E-state index contributed by atoms with van der Waals surface area (Å²) in [7, 11) is -6.93. The van der Waals surface area contributed by atoms with Gasteiger partial charge in [0.15, 0.2) is 0 Å². The van der Waals surface area contributed by atoms with E-state index in [2.05, 4.69) is 0 Å². The number of hydrogen-bond donors (Lipinski definition) is 1. The molecule has 1 fully saturated rings. The predicted octanol–water partition coefficient (Wildman–Crippen LogP) is -0.911. The van der Waals surface area contributed by atoms with Crippen LogP contribution in [-0.4, -0.2) is 45.2 Å². The van der Waals surface area contributed by atoms with E-state index >= 15 is 0 Å². The van der Waals surface area contributed by atoms with Crippen molar-refractivity contribution in [3.63, 3.8) is 0 Å². The van der Waals surface area contributed by atoms with Crippen molar-refractivity contribution in [2.45, 2.75) is 25.0 Å². The molecule has 2 N–H and O–H groups in total. The fourth-order valence-corrected chi connectivity index (χ4v) is 3.77. The highest BCUT2D eigenvalue weighted by atomic mass is 32.2. The highest BCUT2D eigenvalue weighted by molar-refractivity contribution is 7.90. The summed E-state index contributed by atoms with van der Waals surface area (Å²) >= 11 is 0. The molecule has 1 rings (SSSR count). The Bertz CT molecular complexity index is 414. The summed E-state index contributed by atoms with van der Waals surface area (Å²) in [5.41, 5.74) is 0. The minimum atomic E-state index is -3.63. The van der Waals surface area contributed by atoms with Gasteiger partial charge in [0.2, 0.25) is 20.0 Å². The van der Waals surface area contributed by atoms with Gasteiger partial charge in [-0.25, -0.2) is 26.3 Å². The molecule has 1 aliphatic heterocycles. The Balaban J connectivity index is 2.82. The number of primary sulfonamides is 1. The number of nitrogens with zero attached hydrogens (tertiary/aromatic N) is 1. The highest BCUT2D eigenvalue weighted by Crippen LogP contribution is 2.18. The van der Waals surface area contributed by atoms with Gasteiger partial charge in [-0.05, 0) is 19.8 Å². The molecule has 0 bridgehead atoms. The average Bonchev–Trinajstić information content (AvgIpc) is 2.17. The molecule has 8 heteroatoms. The predicted molar refractivity (Wildman–Crippen MR) is 57.2 cm³/mol. The van der Waals surface area contributed by atoms with Gasteiger partial charge in [-0.3, -0.25) is 0 Å². The third kappa shape index (κ3) is 3.13. The normalized spacial score (nSPS) is 25.3. The highest BCUT2D eigenvalue weighted by Gasteiger charge is 2.32. The lowest BCUT2D eigenvalue weighted by Crippen LogP contribution is -2.47. The molecule has 1 atom stereocenters. The van der Waals surface area contributed by atoms with Crippen molar-refractivity contribution < 1.29 is 16.8 Å². The van der Waals surface area contributed by atoms with E-state index in [4.69, 9.17) is 5.14 Å². The van der Waals surface area contributed by atoms with E-state index in [9.17, 15) is 16.8 Å². The van der Waals surface area contributed by atoms with E-state index in [0.717, 1.165) is 0 Å². The first-order valence-electron chi connectivity index (χ1n) is 4.77. The van der Waals surface area contributed by atoms with Crippen LogP contribution in [0.25, 0.3) is 0 Å². The molecule has 1 saturated heterocycles. The zero-order valence-electron chi connectivity index (χ0n) is 8.59. The molecule has 1 unspecified atom stereocenters. The lowest BCUT2D eigenvalue weighted by atomic mass is 10.2. The summed E-state index contributed by atoms with van der Waals surface area (Å²) in [5.74, 6) is -0.00958. The maximum Gasteiger partial charge on any atom is 0.213 e. The first-order valence-corrected chi connectivity index (χ1v) is 7.98. The molecule has 0 spiro atoms. The summed E-state index contributed by atoms with van der Waals surface area (Å²) in [6.07, 6.45) is 0.981. The van der Waals surface area contributed by atoms with Gasteiger partial charge < -0.3 is 0 Å². The molecule has 0 aromatic carbocycles. The van der Waals surface area contributed by atoms with Gasteiger partial charge in [0.25, 0.3) is 0 Å². The summed E-state index contributed by atoms with van der Waals surface area (Å²) in [4.78, 5) is 0. The molecule has 1 aliphatic rings. The minimum absolute atomic E-state index is 0.00495. The first-order chi connectivity index (χ1) is 6.77. The van der Waals surface area contributed by atoms with Crippen molar-refractivity contribution in [3.05, 3.63) is 0 Å². The van der Waals surface area contributed by atoms with E-state index in [1.165, 1.54) is 11.2 Å². The molecule has 0 saturated carbocycles. The van der Waals surface area contributed by atoms with Gasteiger partial charge in [-0.15, -0.1) is 0 Å². The van der Waals surface area contributed by atoms with Gasteiger partial charge in [-0.1, -0.05) is 0 Å². The monoisotopic (exact) mass is 256 g/mol. The molecule has 0 amide bonds. The SMILES string of the molecule is CCS(=O)(=O)N1CCCC(S(N)(=O)=O)C1. The summed E-state index contributed by atoms with van der Waals surface area (Å²) in [6.45, 7) is 1.92. The maximum atomic E-state index is 11.5. The van der Waals surface area contributed by atoms with Crippen LogP contribution in [0.1, 0.15) is 19.8 Å². The van der Waals surface area contributed by atoms with Crippen LogP contribution < -0.4 is 5.14 Å². The zero-order chi connectivity index (χ0) is 11.7. The van der Waals surface area contributed by atoms with Gasteiger partial charge in [0.1, 0.15) is 0 Å². The summed E-state index contributed by atoms with van der Waals surface area (Å²) in [6, 6.07) is 0. The molecular formula is C7H16N2O4S2. The number of nitrogens with two attached hydrogens (primary N) is 1. The summed E-state index contributed by atoms with van der Waals surface area (Å²) in [5, 5.41) is 4.25. The van der Waals surface area contributed by atoms with Crippen LogP contribution in [0.5, 0.6) is 0 Å². The third-order valence-electron chi connectivity index (χ3n) is 2.56. The second-order valence-corrected chi connectivity index (χ2v) is 7.71. The molecule has 15 heavy (non-hydrogen) atoms. The van der Waals surface area contributed by atoms with Crippen LogP contribution in [0.2, 0.25) is 0 Å². The van der Waals surface area contributed by atoms with E-state index in [-0.39, 0.29) is 12.3 Å². The van der Waals surface area contributed by atoms with Crippen LogP contribution in [-0.2, 0) is 20.0 Å². The Morgan fingerprint density at radius 2 is 1.93 bits per heavy atom. The average molecular weight is 256 g/mol. The molecule has 1 heterocycles. The van der Waals surface area contributed by atoms with Crippen molar-refractivity contribution in [2.24, 2.45) is 5.14 Å². The Morgan fingerprint density at radius 1 is 1.33 bits per heavy atom. The van der Waals surface area contributed by atoms with Gasteiger partial charge >= 0.3 is 0 Å². The van der Waals surface area contributed by atoms with E-state index in [0.29, 0.717) is 19.4 Å². The molecule has 6 nitrogen and oxygen atoms in total. The first kappa shape index (κ1) is 12.9. The Hall–Kier alpha value is -0.180. The number of piperidine rings is 1. The van der Waals surface area contributed by atoms with Crippen LogP contribution in [0.15, 0.2) is 0 Å². The van der Waals surface area contributed by atoms with Gasteiger partial charge in [0, 0.05) is 13.1 Å². The number of hydrogen-bond acceptors (Lipinski definition) is 4. The second-order valence-electron chi connectivity index (χ2n) is 3.61. The van der Waals surface area contributed by atoms with E-state index < -0.39 is 25.3 Å². The molecule has 90 valence electrons. The largest absolute Gasteiger partial charge is 0.228 e. The third-order valence-corrected chi connectivity index (χ3v) is 5.73. The summed E-state index contributed by atoms with van der Waals surface area (Å²) < 4.78 is 46.5. The van der Waals surface area contributed by atoms with Crippen molar-refractivity contribution in [2.75, 3.05) is 18.8 Å². The van der Waals surface area contributed by atoms with Gasteiger partial charge in [-0.2, -0.15) is 0 Å². The van der Waals surface area contributed by atoms with E-state index in [1.807, 2.05) is 0 Å². The topological polar surface area (TPSA) is 97.5 Å². The van der Waals surface area contributed by atoms with Crippen LogP contribution in [0.4, 0.5) is 0 Å². The van der Waals surface area contributed by atoms with E-state index in [1.54, 1.807) is 0 Å². The fraction of sp³-hybridized carbons (Fsp3) is 1.00. The van der Waals surface area contributed by atoms with Crippen LogP contribution in [0, 0.1) is 0 Å². The Labute approximate surface area is 90.5 Å².